The monoisotopic (exact) mass is 170 g/mol. The lowest BCUT2D eigenvalue weighted by Crippen LogP contribution is -2.15. The van der Waals surface area contributed by atoms with Gasteiger partial charge < -0.3 is 0 Å². The Hall–Kier alpha value is -1.44. The summed E-state index contributed by atoms with van der Waals surface area (Å²) in [5, 5.41) is 1.29. The molecule has 0 atom stereocenters. The standard InChI is InChI=1S/C11H10Si/c1-4-9-6-7-10(5-2)11(8-9)12-3/h1-2,6-8H,12H2,3H3. The van der Waals surface area contributed by atoms with Gasteiger partial charge in [0.15, 0.2) is 0 Å². The highest BCUT2D eigenvalue weighted by Crippen LogP contribution is 1.98. The van der Waals surface area contributed by atoms with Gasteiger partial charge in [-0.15, -0.1) is 12.8 Å². The van der Waals surface area contributed by atoms with Crippen molar-refractivity contribution in [1.29, 1.82) is 0 Å². The second kappa shape index (κ2) is 3.81. The van der Waals surface area contributed by atoms with E-state index in [1.165, 1.54) is 5.19 Å². The van der Waals surface area contributed by atoms with Gasteiger partial charge >= 0.3 is 0 Å². The molecule has 0 heterocycles. The van der Waals surface area contributed by atoms with E-state index in [1.807, 2.05) is 18.2 Å². The lowest BCUT2D eigenvalue weighted by atomic mass is 10.1. The molecule has 12 heavy (non-hydrogen) atoms. The fourth-order valence-corrected chi connectivity index (χ4v) is 2.14. The molecule has 1 rings (SSSR count). The van der Waals surface area contributed by atoms with E-state index in [2.05, 4.69) is 18.4 Å². The fraction of sp³-hybridized carbons (Fsp3) is 0.0909. The van der Waals surface area contributed by atoms with Crippen LogP contribution in [0.1, 0.15) is 11.1 Å². The zero-order valence-corrected chi connectivity index (χ0v) is 8.51. The van der Waals surface area contributed by atoms with Crippen LogP contribution in [0.2, 0.25) is 6.55 Å². The Morgan fingerprint density at radius 2 is 2.00 bits per heavy atom. The molecule has 0 fully saturated rings. The first-order valence-electron chi connectivity index (χ1n) is 3.88. The Morgan fingerprint density at radius 3 is 2.50 bits per heavy atom. The lowest BCUT2D eigenvalue weighted by Gasteiger charge is -2.00. The van der Waals surface area contributed by atoms with Gasteiger partial charge in [-0.25, -0.2) is 0 Å². The average Bonchev–Trinajstić information content (AvgIpc) is 2.16. The fourth-order valence-electron chi connectivity index (χ4n) is 1.12. The van der Waals surface area contributed by atoms with E-state index in [0.717, 1.165) is 11.1 Å². The van der Waals surface area contributed by atoms with E-state index in [0.29, 0.717) is 0 Å². The molecular formula is C11H10Si. The van der Waals surface area contributed by atoms with Gasteiger partial charge in [0.25, 0.3) is 0 Å². The summed E-state index contributed by atoms with van der Waals surface area (Å²) in [6.07, 6.45) is 10.6. The average molecular weight is 170 g/mol. The lowest BCUT2D eigenvalue weighted by molar-refractivity contribution is 1.65. The summed E-state index contributed by atoms with van der Waals surface area (Å²) in [5.74, 6) is 5.27. The first-order chi connectivity index (χ1) is 5.81. The number of hydrogen-bond acceptors (Lipinski definition) is 0. The van der Waals surface area contributed by atoms with E-state index in [4.69, 9.17) is 12.8 Å². The first-order valence-corrected chi connectivity index (χ1v) is 6.00. The van der Waals surface area contributed by atoms with Crippen molar-refractivity contribution in [2.24, 2.45) is 0 Å². The second-order valence-electron chi connectivity index (χ2n) is 2.51. The highest BCUT2D eigenvalue weighted by atomic mass is 28.2. The highest BCUT2D eigenvalue weighted by molar-refractivity contribution is 6.52. The normalized spacial score (nSPS) is 9.58. The molecule has 0 spiro atoms. The molecule has 0 aliphatic rings. The molecule has 58 valence electrons. The minimum Gasteiger partial charge on any atom is -0.115 e. The van der Waals surface area contributed by atoms with Crippen molar-refractivity contribution in [3.8, 4) is 24.7 Å². The first kappa shape index (κ1) is 8.65. The van der Waals surface area contributed by atoms with Gasteiger partial charge in [0, 0.05) is 11.1 Å². The largest absolute Gasteiger partial charge is 0.115 e. The van der Waals surface area contributed by atoms with Gasteiger partial charge in [0.1, 0.15) is 0 Å². The second-order valence-corrected chi connectivity index (χ2v) is 3.98. The molecule has 0 amide bonds. The summed E-state index contributed by atoms with van der Waals surface area (Å²) < 4.78 is 0. The van der Waals surface area contributed by atoms with Crippen molar-refractivity contribution < 1.29 is 0 Å². The van der Waals surface area contributed by atoms with Crippen LogP contribution in [-0.2, 0) is 0 Å². The van der Waals surface area contributed by atoms with Crippen molar-refractivity contribution in [3.05, 3.63) is 29.3 Å². The van der Waals surface area contributed by atoms with Crippen LogP contribution in [0, 0.1) is 24.7 Å². The van der Waals surface area contributed by atoms with Crippen LogP contribution in [-0.4, -0.2) is 9.52 Å². The van der Waals surface area contributed by atoms with Gasteiger partial charge in [-0.05, 0) is 18.2 Å². The molecule has 0 saturated heterocycles. The number of rotatable bonds is 1. The molecule has 0 unspecified atom stereocenters. The molecule has 0 aliphatic heterocycles. The molecule has 0 nitrogen and oxygen atoms in total. The van der Waals surface area contributed by atoms with Crippen LogP contribution >= 0.6 is 0 Å². The summed E-state index contributed by atoms with van der Waals surface area (Å²) in [5.41, 5.74) is 1.93. The van der Waals surface area contributed by atoms with Crippen molar-refractivity contribution in [3.63, 3.8) is 0 Å². The summed E-state index contributed by atoms with van der Waals surface area (Å²) in [4.78, 5) is 0. The molecule has 1 aromatic carbocycles. The Kier molecular flexibility index (Phi) is 2.75. The zero-order valence-electron chi connectivity index (χ0n) is 7.09. The maximum atomic E-state index is 5.34. The molecule has 1 aromatic rings. The van der Waals surface area contributed by atoms with Gasteiger partial charge in [0.05, 0.1) is 9.52 Å². The molecule has 0 aliphatic carbocycles. The SMILES string of the molecule is C#Cc1ccc(C#C)c([SiH2]C)c1. The minimum atomic E-state index is -0.217. The summed E-state index contributed by atoms with van der Waals surface area (Å²) in [6.45, 7) is 2.20. The summed E-state index contributed by atoms with van der Waals surface area (Å²) >= 11 is 0. The van der Waals surface area contributed by atoms with Crippen molar-refractivity contribution in [1.82, 2.24) is 0 Å². The van der Waals surface area contributed by atoms with Gasteiger partial charge in [-0.3, -0.25) is 0 Å². The number of benzene rings is 1. The van der Waals surface area contributed by atoms with Crippen molar-refractivity contribution in [2.75, 3.05) is 0 Å². The highest BCUT2D eigenvalue weighted by Gasteiger charge is 1.97. The number of hydrogen-bond donors (Lipinski definition) is 0. The summed E-state index contributed by atoms with van der Waals surface area (Å²) in [7, 11) is -0.217. The van der Waals surface area contributed by atoms with Crippen molar-refractivity contribution in [2.45, 2.75) is 6.55 Å². The van der Waals surface area contributed by atoms with Crippen LogP contribution in [0.25, 0.3) is 0 Å². The third-order valence-electron chi connectivity index (χ3n) is 1.81. The summed E-state index contributed by atoms with van der Waals surface area (Å²) in [6, 6.07) is 5.85. The molecule has 0 aromatic heterocycles. The van der Waals surface area contributed by atoms with Crippen LogP contribution in [0.5, 0.6) is 0 Å². The van der Waals surface area contributed by atoms with Gasteiger partial charge in [-0.1, -0.05) is 23.6 Å². The molecule has 0 bridgehead atoms. The van der Waals surface area contributed by atoms with E-state index in [-0.39, 0.29) is 9.52 Å². The van der Waals surface area contributed by atoms with Crippen LogP contribution in [0.3, 0.4) is 0 Å². The quantitative estimate of drug-likeness (QED) is 0.425. The zero-order chi connectivity index (χ0) is 8.97. The molecule has 0 radical (unpaired) electrons. The minimum absolute atomic E-state index is 0.217. The third kappa shape index (κ3) is 1.59. The van der Waals surface area contributed by atoms with Gasteiger partial charge in [0.2, 0.25) is 0 Å². The van der Waals surface area contributed by atoms with Crippen LogP contribution in [0.15, 0.2) is 18.2 Å². The number of terminal acetylenes is 2. The van der Waals surface area contributed by atoms with Crippen molar-refractivity contribution >= 4 is 14.7 Å². The van der Waals surface area contributed by atoms with E-state index < -0.39 is 0 Å². The maximum Gasteiger partial charge on any atom is 0.0534 e. The molecule has 0 N–H and O–H groups in total. The predicted molar refractivity (Wildman–Crippen MR) is 56.4 cm³/mol. The molecule has 1 heteroatoms. The molecule has 0 saturated carbocycles. The Labute approximate surface area is 75.8 Å². The van der Waals surface area contributed by atoms with Crippen LogP contribution in [0.4, 0.5) is 0 Å². The molecular weight excluding hydrogens is 160 g/mol. The topological polar surface area (TPSA) is 0 Å². The Bertz CT molecular complexity index is 364. The predicted octanol–water partition coefficient (Wildman–Crippen LogP) is 0.491. The van der Waals surface area contributed by atoms with Crippen LogP contribution < -0.4 is 5.19 Å². The Balaban J connectivity index is 3.24. The van der Waals surface area contributed by atoms with E-state index >= 15 is 0 Å². The third-order valence-corrected chi connectivity index (χ3v) is 3.16. The smallest absolute Gasteiger partial charge is 0.0534 e. The van der Waals surface area contributed by atoms with Gasteiger partial charge in [-0.2, -0.15) is 0 Å². The van der Waals surface area contributed by atoms with E-state index in [1.54, 1.807) is 0 Å². The maximum absolute atomic E-state index is 5.34. The van der Waals surface area contributed by atoms with E-state index in [9.17, 15) is 0 Å². The Morgan fingerprint density at radius 1 is 1.25 bits per heavy atom.